The van der Waals surface area contributed by atoms with Gasteiger partial charge in [0.15, 0.2) is 0 Å². The number of hydrogen-bond acceptors (Lipinski definition) is 1. The van der Waals surface area contributed by atoms with Gasteiger partial charge in [0.1, 0.15) is 0 Å². The molecule has 12 heavy (non-hydrogen) atoms. The minimum absolute atomic E-state index is 0.0593. The topological polar surface area (TPSA) is 43.1 Å². The predicted molar refractivity (Wildman–Crippen MR) is 51.6 cm³/mol. The van der Waals surface area contributed by atoms with Crippen LogP contribution in [0.2, 0.25) is 0 Å². The molecule has 2 N–H and O–H groups in total. The van der Waals surface area contributed by atoms with Crippen LogP contribution in [0.15, 0.2) is 12.2 Å². The van der Waals surface area contributed by atoms with Crippen LogP contribution in [0.25, 0.3) is 0 Å². The van der Waals surface area contributed by atoms with Crippen LogP contribution in [0.5, 0.6) is 0 Å². The van der Waals surface area contributed by atoms with Gasteiger partial charge < -0.3 is 5.73 Å². The summed E-state index contributed by atoms with van der Waals surface area (Å²) < 4.78 is 0. The number of amides is 1. The Balaban J connectivity index is 4.30. The van der Waals surface area contributed by atoms with Crippen molar-refractivity contribution in [3.05, 3.63) is 12.2 Å². The highest BCUT2D eigenvalue weighted by molar-refractivity contribution is 5.85. The number of primary amides is 1. The number of carbonyl (C=O) groups excluding carboxylic acids is 1. The van der Waals surface area contributed by atoms with Gasteiger partial charge in [-0.15, -0.1) is 0 Å². The van der Waals surface area contributed by atoms with E-state index >= 15 is 0 Å². The highest BCUT2D eigenvalue weighted by Crippen LogP contribution is 2.30. The monoisotopic (exact) mass is 169 g/mol. The second-order valence-corrected chi connectivity index (χ2v) is 3.87. The van der Waals surface area contributed by atoms with Gasteiger partial charge in [0.25, 0.3) is 0 Å². The average Bonchev–Trinajstić information content (AvgIpc) is 1.99. The summed E-state index contributed by atoms with van der Waals surface area (Å²) in [7, 11) is 0. The fourth-order valence-corrected chi connectivity index (χ4v) is 0.987. The molecule has 0 saturated heterocycles. The lowest BCUT2D eigenvalue weighted by atomic mass is 9.78. The van der Waals surface area contributed by atoms with Crippen molar-refractivity contribution >= 4 is 5.91 Å². The van der Waals surface area contributed by atoms with Gasteiger partial charge in [0.2, 0.25) is 5.91 Å². The Morgan fingerprint density at radius 1 is 1.58 bits per heavy atom. The summed E-state index contributed by atoms with van der Waals surface area (Å²) in [5.74, 6) is 0.194. The summed E-state index contributed by atoms with van der Waals surface area (Å²) in [4.78, 5) is 10.5. The maximum Gasteiger partial charge on any atom is 0.241 e. The van der Waals surface area contributed by atoms with E-state index in [-0.39, 0.29) is 11.3 Å². The molecule has 0 aromatic rings. The lowest BCUT2D eigenvalue weighted by Crippen LogP contribution is -2.19. The third-order valence-electron chi connectivity index (χ3n) is 2.56. The zero-order chi connectivity index (χ0) is 9.78. The third kappa shape index (κ3) is 3.56. The summed E-state index contributed by atoms with van der Waals surface area (Å²) >= 11 is 0. The number of allylic oxidation sites excluding steroid dienone is 1. The van der Waals surface area contributed by atoms with E-state index in [0.29, 0.717) is 5.92 Å². The van der Waals surface area contributed by atoms with Crippen LogP contribution in [0.4, 0.5) is 0 Å². The first-order chi connectivity index (χ1) is 5.40. The molecule has 0 heterocycles. The van der Waals surface area contributed by atoms with Crippen LogP contribution in [0.1, 0.15) is 34.1 Å². The van der Waals surface area contributed by atoms with E-state index in [0.717, 1.165) is 6.42 Å². The number of carbonyl (C=O) groups is 1. The SMILES string of the molecule is CCC(C)C(C)(C)C=CC(N)=O. The van der Waals surface area contributed by atoms with Gasteiger partial charge in [-0.05, 0) is 17.4 Å². The van der Waals surface area contributed by atoms with Crippen LogP contribution < -0.4 is 5.73 Å². The predicted octanol–water partition coefficient (Wildman–Crippen LogP) is 2.10. The maximum absolute atomic E-state index is 10.5. The number of rotatable bonds is 4. The molecule has 0 spiro atoms. The van der Waals surface area contributed by atoms with Crippen molar-refractivity contribution in [1.29, 1.82) is 0 Å². The van der Waals surface area contributed by atoms with E-state index in [9.17, 15) is 4.79 Å². The highest BCUT2D eigenvalue weighted by Gasteiger charge is 2.20. The quantitative estimate of drug-likeness (QED) is 0.643. The van der Waals surface area contributed by atoms with Crippen LogP contribution in [-0.4, -0.2) is 5.91 Å². The molecule has 0 saturated carbocycles. The fraction of sp³-hybridized carbons (Fsp3) is 0.700. The van der Waals surface area contributed by atoms with Crippen molar-refractivity contribution in [2.45, 2.75) is 34.1 Å². The molecular formula is C10H19NO. The average molecular weight is 169 g/mol. The summed E-state index contributed by atoms with van der Waals surface area (Å²) in [6.45, 7) is 8.54. The lowest BCUT2D eigenvalue weighted by Gasteiger charge is -2.27. The second-order valence-electron chi connectivity index (χ2n) is 3.87. The number of nitrogens with two attached hydrogens (primary N) is 1. The molecule has 0 aliphatic heterocycles. The summed E-state index contributed by atoms with van der Waals surface area (Å²) in [6, 6.07) is 0. The molecule has 2 nitrogen and oxygen atoms in total. The summed E-state index contributed by atoms with van der Waals surface area (Å²) in [5.41, 5.74) is 5.07. The first-order valence-corrected chi connectivity index (χ1v) is 4.38. The van der Waals surface area contributed by atoms with Crippen molar-refractivity contribution < 1.29 is 4.79 Å². The minimum atomic E-state index is -0.369. The summed E-state index contributed by atoms with van der Waals surface area (Å²) in [5, 5.41) is 0. The van der Waals surface area contributed by atoms with Crippen LogP contribution in [0.3, 0.4) is 0 Å². The Morgan fingerprint density at radius 3 is 2.42 bits per heavy atom. The molecule has 1 amide bonds. The normalized spacial score (nSPS) is 15.0. The second kappa shape index (κ2) is 4.29. The molecule has 0 rings (SSSR count). The van der Waals surface area contributed by atoms with Crippen LogP contribution in [0, 0.1) is 11.3 Å². The van der Waals surface area contributed by atoms with Gasteiger partial charge in [-0.3, -0.25) is 4.79 Å². The van der Waals surface area contributed by atoms with Crippen LogP contribution >= 0.6 is 0 Å². The Hall–Kier alpha value is -0.790. The largest absolute Gasteiger partial charge is 0.366 e. The molecule has 0 aromatic carbocycles. The lowest BCUT2D eigenvalue weighted by molar-refractivity contribution is -0.113. The first-order valence-electron chi connectivity index (χ1n) is 4.38. The Labute approximate surface area is 74.8 Å². The van der Waals surface area contributed by atoms with E-state index in [2.05, 4.69) is 27.7 Å². The molecule has 1 unspecified atom stereocenters. The zero-order valence-corrected chi connectivity index (χ0v) is 8.42. The molecule has 70 valence electrons. The molecule has 0 radical (unpaired) electrons. The third-order valence-corrected chi connectivity index (χ3v) is 2.56. The van der Waals surface area contributed by atoms with Gasteiger partial charge in [-0.1, -0.05) is 40.2 Å². The maximum atomic E-state index is 10.5. The van der Waals surface area contributed by atoms with Crippen molar-refractivity contribution in [2.24, 2.45) is 17.1 Å². The van der Waals surface area contributed by atoms with Crippen molar-refractivity contribution in [3.8, 4) is 0 Å². The zero-order valence-electron chi connectivity index (χ0n) is 8.42. The molecule has 0 bridgehead atoms. The van der Waals surface area contributed by atoms with E-state index in [1.165, 1.54) is 6.08 Å². The van der Waals surface area contributed by atoms with Gasteiger partial charge in [0, 0.05) is 0 Å². The molecule has 0 aliphatic rings. The smallest absolute Gasteiger partial charge is 0.241 e. The van der Waals surface area contributed by atoms with Gasteiger partial charge in [0.05, 0.1) is 0 Å². The van der Waals surface area contributed by atoms with Gasteiger partial charge in [-0.2, -0.15) is 0 Å². The van der Waals surface area contributed by atoms with Crippen LogP contribution in [-0.2, 0) is 4.79 Å². The standard InChI is InChI=1S/C10H19NO/c1-5-8(2)10(3,4)7-6-9(11)12/h6-8H,5H2,1-4H3,(H2,11,12). The molecule has 0 fully saturated rings. The van der Waals surface area contributed by atoms with Crippen molar-refractivity contribution in [1.82, 2.24) is 0 Å². The van der Waals surface area contributed by atoms with E-state index in [4.69, 9.17) is 5.73 Å². The first kappa shape index (κ1) is 11.2. The Morgan fingerprint density at radius 2 is 2.08 bits per heavy atom. The van der Waals surface area contributed by atoms with E-state index in [1.807, 2.05) is 6.08 Å². The summed E-state index contributed by atoms with van der Waals surface area (Å²) in [6.07, 6.45) is 4.45. The van der Waals surface area contributed by atoms with E-state index in [1.54, 1.807) is 0 Å². The van der Waals surface area contributed by atoms with Crippen molar-refractivity contribution in [2.75, 3.05) is 0 Å². The van der Waals surface area contributed by atoms with E-state index < -0.39 is 0 Å². The molecule has 0 aromatic heterocycles. The molecule has 2 heteroatoms. The molecular weight excluding hydrogens is 150 g/mol. The minimum Gasteiger partial charge on any atom is -0.366 e. The molecule has 1 atom stereocenters. The van der Waals surface area contributed by atoms with Gasteiger partial charge >= 0.3 is 0 Å². The van der Waals surface area contributed by atoms with Gasteiger partial charge in [-0.25, -0.2) is 0 Å². The number of hydrogen-bond donors (Lipinski definition) is 1. The molecule has 0 aliphatic carbocycles. The fourth-order valence-electron chi connectivity index (χ4n) is 0.987. The highest BCUT2D eigenvalue weighted by atomic mass is 16.1. The Bertz CT molecular complexity index is 182. The Kier molecular flexibility index (Phi) is 4.01. The van der Waals surface area contributed by atoms with Crippen molar-refractivity contribution in [3.63, 3.8) is 0 Å².